The maximum absolute atomic E-state index is 13.0. The number of carbonyl (C=O) groups is 1. The van der Waals surface area contributed by atoms with E-state index in [-0.39, 0.29) is 17.2 Å². The summed E-state index contributed by atoms with van der Waals surface area (Å²) in [4.78, 5) is 34.1. The summed E-state index contributed by atoms with van der Waals surface area (Å²) in [6.45, 7) is 0. The number of aromatic nitrogens is 5. The number of aryl methyl sites for hydroxylation is 1. The fourth-order valence-corrected chi connectivity index (χ4v) is 4.65. The number of rotatable bonds is 5. The van der Waals surface area contributed by atoms with Crippen molar-refractivity contribution in [3.63, 3.8) is 0 Å². The first-order valence-electron chi connectivity index (χ1n) is 10.7. The van der Waals surface area contributed by atoms with Crippen LogP contribution in [0.3, 0.4) is 0 Å². The molecule has 34 heavy (non-hydrogen) atoms. The van der Waals surface area contributed by atoms with E-state index in [0.29, 0.717) is 29.5 Å². The van der Waals surface area contributed by atoms with Crippen LogP contribution in [-0.2, 0) is 12.8 Å². The molecule has 0 saturated heterocycles. The highest BCUT2D eigenvalue weighted by Gasteiger charge is 2.22. The second kappa shape index (κ2) is 8.27. The van der Waals surface area contributed by atoms with Crippen molar-refractivity contribution in [2.45, 2.75) is 25.7 Å². The molecule has 1 amide bonds. The van der Waals surface area contributed by atoms with Gasteiger partial charge >= 0.3 is 0 Å². The predicted octanol–water partition coefficient (Wildman–Crippen LogP) is 4.06. The number of nitrogens with one attached hydrogen (secondary N) is 2. The van der Waals surface area contributed by atoms with Crippen LogP contribution in [0, 0.1) is 0 Å². The molecule has 0 aliphatic heterocycles. The molecule has 170 valence electrons. The lowest BCUT2D eigenvalue weighted by molar-refractivity contribution is 0.101. The van der Waals surface area contributed by atoms with Crippen LogP contribution in [0.1, 0.15) is 34.6 Å². The van der Waals surface area contributed by atoms with Gasteiger partial charge in [-0.15, -0.1) is 11.3 Å². The van der Waals surface area contributed by atoms with Gasteiger partial charge in [0.15, 0.2) is 11.5 Å². The van der Waals surface area contributed by atoms with E-state index in [1.54, 1.807) is 18.2 Å². The van der Waals surface area contributed by atoms with Crippen molar-refractivity contribution in [1.29, 1.82) is 0 Å². The molecule has 0 saturated carbocycles. The van der Waals surface area contributed by atoms with Crippen LogP contribution in [0.25, 0.3) is 28.0 Å². The number of H-pyrrole nitrogens is 1. The second-order valence-corrected chi connectivity index (χ2v) is 8.78. The quantitative estimate of drug-likeness (QED) is 0.392. The summed E-state index contributed by atoms with van der Waals surface area (Å²) in [5.41, 5.74) is 2.03. The average Bonchev–Trinajstić information content (AvgIpc) is 3.65. The van der Waals surface area contributed by atoms with Gasteiger partial charge in [-0.05, 0) is 49.3 Å². The number of aromatic amines is 1. The lowest BCUT2D eigenvalue weighted by Gasteiger charge is -2.15. The highest BCUT2D eigenvalue weighted by Crippen LogP contribution is 2.28. The first kappa shape index (κ1) is 20.4. The first-order chi connectivity index (χ1) is 16.7. The molecule has 2 N–H and O–H groups in total. The summed E-state index contributed by atoms with van der Waals surface area (Å²) in [6.07, 6.45) is 4.91. The Morgan fingerprint density at radius 1 is 1.15 bits per heavy atom. The minimum absolute atomic E-state index is 0.0729. The number of thiophene rings is 1. The number of furan rings is 1. The van der Waals surface area contributed by atoms with Crippen LogP contribution in [0.15, 0.2) is 61.8 Å². The van der Waals surface area contributed by atoms with Crippen molar-refractivity contribution >= 4 is 23.1 Å². The van der Waals surface area contributed by atoms with Crippen molar-refractivity contribution in [1.82, 2.24) is 24.9 Å². The molecule has 6 rings (SSSR count). The minimum atomic E-state index is -0.499. The Labute approximate surface area is 196 Å². The fourth-order valence-electron chi connectivity index (χ4n) is 3.96. The Hall–Kier alpha value is -4.25. The summed E-state index contributed by atoms with van der Waals surface area (Å²) in [5, 5.41) is 13.2. The predicted molar refractivity (Wildman–Crippen MR) is 124 cm³/mol. The normalized spacial score (nSPS) is 13.1. The number of carbonyl (C=O) groups excluding carboxylic acids is 1. The smallest absolute Gasteiger partial charge is 0.279 e. The van der Waals surface area contributed by atoms with Gasteiger partial charge in [0.1, 0.15) is 11.5 Å². The molecule has 0 unspecified atom stereocenters. The van der Waals surface area contributed by atoms with Gasteiger partial charge in [-0.1, -0.05) is 11.2 Å². The summed E-state index contributed by atoms with van der Waals surface area (Å²) in [7, 11) is 0. The number of hydrogen-bond acceptors (Lipinski definition) is 8. The summed E-state index contributed by atoms with van der Waals surface area (Å²) >= 11 is 1.52. The van der Waals surface area contributed by atoms with Crippen molar-refractivity contribution < 1.29 is 13.7 Å². The Morgan fingerprint density at radius 2 is 2.06 bits per heavy atom. The lowest BCUT2D eigenvalue weighted by Crippen LogP contribution is -2.24. The molecule has 10 nitrogen and oxygen atoms in total. The number of fused-ring (bicyclic) bond motifs is 1. The van der Waals surface area contributed by atoms with Crippen LogP contribution in [-0.4, -0.2) is 30.8 Å². The maximum atomic E-state index is 13.0. The van der Waals surface area contributed by atoms with E-state index in [2.05, 4.69) is 25.5 Å². The second-order valence-electron chi connectivity index (χ2n) is 7.83. The standard InChI is InChI=1S/C23H18N6O4S/c30-21-13-5-1-2-6-14(13)24-23(26-21)29-20(12-15(27-29)19-8-4-10-34-19)25-22(31)16-11-18(33-28-16)17-7-3-9-32-17/h3-4,7-12H,1-2,5-6H2,(H,25,31)(H,24,26,30). The Kier molecular flexibility index (Phi) is 4.95. The molecule has 5 aromatic heterocycles. The van der Waals surface area contributed by atoms with Gasteiger partial charge in [-0.3, -0.25) is 14.6 Å². The van der Waals surface area contributed by atoms with E-state index < -0.39 is 5.91 Å². The molecular weight excluding hydrogens is 456 g/mol. The average molecular weight is 475 g/mol. The molecular formula is C23H18N6O4S. The summed E-state index contributed by atoms with van der Waals surface area (Å²) < 4.78 is 12.0. The molecule has 5 aromatic rings. The zero-order valence-electron chi connectivity index (χ0n) is 17.8. The lowest BCUT2D eigenvalue weighted by atomic mass is 9.97. The van der Waals surface area contributed by atoms with Crippen molar-refractivity contribution in [3.05, 3.63) is 75.3 Å². The first-order valence-corrected chi connectivity index (χ1v) is 11.6. The van der Waals surface area contributed by atoms with Gasteiger partial charge in [0.25, 0.3) is 11.5 Å². The van der Waals surface area contributed by atoms with Crippen molar-refractivity contribution in [3.8, 4) is 28.0 Å². The zero-order valence-corrected chi connectivity index (χ0v) is 18.6. The van der Waals surface area contributed by atoms with Crippen molar-refractivity contribution in [2.24, 2.45) is 0 Å². The molecule has 0 spiro atoms. The molecule has 11 heteroatoms. The van der Waals surface area contributed by atoms with Gasteiger partial charge < -0.3 is 14.3 Å². The molecule has 0 bridgehead atoms. The number of nitrogens with zero attached hydrogens (tertiary/aromatic N) is 4. The van der Waals surface area contributed by atoms with Gasteiger partial charge in [0, 0.05) is 17.7 Å². The van der Waals surface area contributed by atoms with Gasteiger partial charge in [-0.2, -0.15) is 9.78 Å². The van der Waals surface area contributed by atoms with E-state index in [1.165, 1.54) is 28.3 Å². The largest absolute Gasteiger partial charge is 0.461 e. The minimum Gasteiger partial charge on any atom is -0.461 e. The summed E-state index contributed by atoms with van der Waals surface area (Å²) in [6, 6.07) is 10.5. The SMILES string of the molecule is O=C(Nc1cc(-c2cccs2)nn1-c1nc2c(c(=O)[nH]1)CCCC2)c1cc(-c2ccco2)on1. The number of anilines is 1. The highest BCUT2D eigenvalue weighted by molar-refractivity contribution is 7.13. The Bertz CT molecular complexity index is 1530. The van der Waals surface area contributed by atoms with E-state index in [9.17, 15) is 9.59 Å². The van der Waals surface area contributed by atoms with E-state index in [0.717, 1.165) is 35.4 Å². The topological polar surface area (TPSA) is 132 Å². The zero-order chi connectivity index (χ0) is 23.1. The molecule has 1 aliphatic rings. The molecule has 0 fully saturated rings. The van der Waals surface area contributed by atoms with E-state index in [4.69, 9.17) is 8.94 Å². The molecule has 1 aliphatic carbocycles. The van der Waals surface area contributed by atoms with Crippen LogP contribution < -0.4 is 10.9 Å². The van der Waals surface area contributed by atoms with Crippen LogP contribution in [0.4, 0.5) is 5.82 Å². The Morgan fingerprint density at radius 3 is 2.88 bits per heavy atom. The fraction of sp³-hybridized carbons (Fsp3) is 0.174. The molecule has 5 heterocycles. The molecule has 0 atom stereocenters. The molecule has 0 radical (unpaired) electrons. The number of hydrogen-bond donors (Lipinski definition) is 2. The van der Waals surface area contributed by atoms with Gasteiger partial charge in [-0.25, -0.2) is 4.98 Å². The maximum Gasteiger partial charge on any atom is 0.279 e. The van der Waals surface area contributed by atoms with Crippen LogP contribution >= 0.6 is 11.3 Å². The van der Waals surface area contributed by atoms with Gasteiger partial charge in [0.2, 0.25) is 11.7 Å². The van der Waals surface area contributed by atoms with Gasteiger partial charge in [0.05, 0.1) is 16.8 Å². The van der Waals surface area contributed by atoms with E-state index in [1.807, 2.05) is 17.5 Å². The van der Waals surface area contributed by atoms with Crippen LogP contribution in [0.5, 0.6) is 0 Å². The number of amides is 1. The summed E-state index contributed by atoms with van der Waals surface area (Å²) in [5.74, 6) is 0.895. The third-order valence-corrected chi connectivity index (χ3v) is 6.50. The van der Waals surface area contributed by atoms with Crippen LogP contribution in [0.2, 0.25) is 0 Å². The molecule has 0 aromatic carbocycles. The third kappa shape index (κ3) is 3.65. The van der Waals surface area contributed by atoms with E-state index >= 15 is 0 Å². The Balaban J connectivity index is 1.38. The monoisotopic (exact) mass is 474 g/mol. The highest BCUT2D eigenvalue weighted by atomic mass is 32.1. The van der Waals surface area contributed by atoms with Crippen molar-refractivity contribution in [2.75, 3.05) is 5.32 Å². The third-order valence-electron chi connectivity index (χ3n) is 5.61.